The van der Waals surface area contributed by atoms with Crippen molar-refractivity contribution in [3.63, 3.8) is 0 Å². The number of aromatic nitrogens is 2. The van der Waals surface area contributed by atoms with E-state index in [1.165, 1.54) is 44.4 Å². The van der Waals surface area contributed by atoms with E-state index >= 15 is 0 Å². The van der Waals surface area contributed by atoms with Gasteiger partial charge in [0.1, 0.15) is 24.7 Å². The van der Waals surface area contributed by atoms with Crippen LogP contribution in [0.1, 0.15) is 11.1 Å². The molecule has 0 N–H and O–H groups in total. The van der Waals surface area contributed by atoms with Crippen molar-refractivity contribution in [2.24, 2.45) is 0 Å². The Morgan fingerprint density at radius 1 is 0.385 bits per heavy atom. The number of nitrogens with zero attached hydrogens (tertiary/aromatic N) is 2. The molecule has 5 heterocycles. The molecule has 0 fully saturated rings. The monoisotopic (exact) mass is 684 g/mol. The number of pyridine rings is 2. The summed E-state index contributed by atoms with van der Waals surface area (Å²) in [4.78, 5) is 0. The lowest BCUT2D eigenvalue weighted by atomic mass is 9.93. The van der Waals surface area contributed by atoms with Gasteiger partial charge in [0.25, 0.3) is 0 Å². The highest BCUT2D eigenvalue weighted by atomic mass is 16.5. The normalized spacial score (nSPS) is 14.5. The number of ether oxygens (including phenoxy) is 4. The van der Waals surface area contributed by atoms with Gasteiger partial charge in [0, 0.05) is 45.3 Å². The van der Waals surface area contributed by atoms with Gasteiger partial charge in [-0.3, -0.25) is 0 Å². The van der Waals surface area contributed by atoms with Crippen molar-refractivity contribution in [3.8, 4) is 45.1 Å². The van der Waals surface area contributed by atoms with Crippen molar-refractivity contribution in [2.75, 3.05) is 39.6 Å². The summed E-state index contributed by atoms with van der Waals surface area (Å²) in [5.74, 6) is 1.65. The summed E-state index contributed by atoms with van der Waals surface area (Å²) in [5.41, 5.74) is 12.0. The average molecular weight is 685 g/mol. The highest BCUT2D eigenvalue weighted by Gasteiger charge is 2.28. The molecule has 0 saturated heterocycles. The van der Waals surface area contributed by atoms with Crippen molar-refractivity contribution in [1.29, 1.82) is 0 Å². The minimum atomic E-state index is 0.449. The standard InChI is InChI=1S/C46H40N2O4/c1-3-13-33(14-4-1)43-37-23-27-49-29-31-51-41-21-11-18-36-35(41)17-12-22-42(36)52-32-30-50-28-24-38-40-20-8-10-26-48(40)46(44(38)34-15-5-2-6-16-34)45(43)47-25-9-7-19-39(37)47/h1-22,25-26H,23-24,27-32H2. The van der Waals surface area contributed by atoms with Gasteiger partial charge < -0.3 is 27.7 Å². The number of hydrogen-bond donors (Lipinski definition) is 0. The summed E-state index contributed by atoms with van der Waals surface area (Å²) >= 11 is 0. The highest BCUT2D eigenvalue weighted by Crippen LogP contribution is 2.46. The Balaban J connectivity index is 1.22. The fraction of sp³-hybridized carbons (Fsp3) is 0.174. The van der Waals surface area contributed by atoms with Crippen LogP contribution in [0.5, 0.6) is 11.5 Å². The van der Waals surface area contributed by atoms with Crippen molar-refractivity contribution in [2.45, 2.75) is 12.8 Å². The molecule has 8 aromatic rings. The van der Waals surface area contributed by atoms with E-state index in [4.69, 9.17) is 18.9 Å². The van der Waals surface area contributed by atoms with Crippen LogP contribution in [-0.4, -0.2) is 48.4 Å². The largest absolute Gasteiger partial charge is 0.491 e. The van der Waals surface area contributed by atoms with Gasteiger partial charge in [-0.1, -0.05) is 97.1 Å². The molecule has 6 nitrogen and oxygen atoms in total. The van der Waals surface area contributed by atoms with Gasteiger partial charge in [0.2, 0.25) is 0 Å². The molecule has 52 heavy (non-hydrogen) atoms. The zero-order valence-electron chi connectivity index (χ0n) is 29.0. The number of hydrogen-bond acceptors (Lipinski definition) is 4. The van der Waals surface area contributed by atoms with E-state index in [0.29, 0.717) is 39.6 Å². The molecule has 0 unspecified atom stereocenters. The molecular formula is C46H40N2O4. The van der Waals surface area contributed by atoms with E-state index in [1.807, 2.05) is 24.3 Å². The van der Waals surface area contributed by atoms with E-state index in [2.05, 4.69) is 130 Å². The molecule has 8 bridgehead atoms. The van der Waals surface area contributed by atoms with Gasteiger partial charge in [0.15, 0.2) is 0 Å². The van der Waals surface area contributed by atoms with E-state index < -0.39 is 0 Å². The lowest BCUT2D eigenvalue weighted by Crippen LogP contribution is -2.10. The zero-order chi connectivity index (χ0) is 34.7. The maximum Gasteiger partial charge on any atom is 0.127 e. The van der Waals surface area contributed by atoms with Gasteiger partial charge in [0.05, 0.1) is 37.8 Å². The van der Waals surface area contributed by atoms with Crippen molar-refractivity contribution >= 4 is 21.8 Å². The molecule has 6 heteroatoms. The van der Waals surface area contributed by atoms with Crippen molar-refractivity contribution < 1.29 is 18.9 Å². The van der Waals surface area contributed by atoms with Crippen LogP contribution in [0.4, 0.5) is 0 Å². The summed E-state index contributed by atoms with van der Waals surface area (Å²) in [5, 5.41) is 2.04. The molecule has 1 aliphatic rings. The Bertz CT molecular complexity index is 2310. The molecule has 258 valence electrons. The lowest BCUT2D eigenvalue weighted by Gasteiger charge is -2.14. The molecule has 0 radical (unpaired) electrons. The van der Waals surface area contributed by atoms with Gasteiger partial charge in [-0.25, -0.2) is 0 Å². The first kappa shape index (κ1) is 32.1. The maximum atomic E-state index is 6.32. The molecule has 0 spiro atoms. The highest BCUT2D eigenvalue weighted by molar-refractivity contribution is 5.98. The second-order valence-electron chi connectivity index (χ2n) is 13.1. The van der Waals surface area contributed by atoms with E-state index in [0.717, 1.165) is 46.5 Å². The molecule has 9 rings (SSSR count). The summed E-state index contributed by atoms with van der Waals surface area (Å²) in [6.45, 7) is 2.99. The fourth-order valence-electron chi connectivity index (χ4n) is 7.83. The fourth-order valence-corrected chi connectivity index (χ4v) is 7.83. The van der Waals surface area contributed by atoms with Crippen LogP contribution < -0.4 is 9.47 Å². The number of rotatable bonds is 2. The zero-order valence-corrected chi connectivity index (χ0v) is 29.0. The van der Waals surface area contributed by atoms with Crippen LogP contribution in [0.15, 0.2) is 146 Å². The van der Waals surface area contributed by atoms with E-state index in [1.54, 1.807) is 0 Å². The molecule has 0 aliphatic carbocycles. The van der Waals surface area contributed by atoms with Gasteiger partial charge >= 0.3 is 0 Å². The molecule has 1 aliphatic heterocycles. The SMILES string of the molecule is c1ccc(-c2c3c4ccccn4c2-c2c(-c4ccccc4)c(c4ccccn24)CCOCCOc2cccc4c(cccc24)OCCOCC3)cc1. The van der Waals surface area contributed by atoms with Crippen LogP contribution in [0.25, 0.3) is 55.4 Å². The van der Waals surface area contributed by atoms with Gasteiger partial charge in [-0.15, -0.1) is 0 Å². The Labute approximate surface area is 303 Å². The van der Waals surface area contributed by atoms with Crippen molar-refractivity contribution in [1.82, 2.24) is 8.80 Å². The molecule has 0 saturated carbocycles. The average Bonchev–Trinajstić information content (AvgIpc) is 3.70. The van der Waals surface area contributed by atoms with Crippen molar-refractivity contribution in [3.05, 3.63) is 157 Å². The van der Waals surface area contributed by atoms with Crippen LogP contribution >= 0.6 is 0 Å². The molecule has 4 aromatic heterocycles. The first-order chi connectivity index (χ1) is 25.9. The third kappa shape index (κ3) is 5.90. The van der Waals surface area contributed by atoms with E-state index in [-0.39, 0.29) is 0 Å². The number of fused-ring (bicyclic) bond motifs is 11. The second kappa shape index (κ2) is 14.4. The minimum absolute atomic E-state index is 0.449. The summed E-state index contributed by atoms with van der Waals surface area (Å²) < 4.78 is 29.9. The third-order valence-electron chi connectivity index (χ3n) is 10.1. The second-order valence-corrected chi connectivity index (χ2v) is 13.1. The van der Waals surface area contributed by atoms with Gasteiger partial charge in [-0.05, 0) is 71.5 Å². The Morgan fingerprint density at radius 3 is 1.29 bits per heavy atom. The van der Waals surface area contributed by atoms with Crippen LogP contribution in [-0.2, 0) is 22.3 Å². The predicted octanol–water partition coefficient (Wildman–Crippen LogP) is 9.94. The smallest absolute Gasteiger partial charge is 0.127 e. The number of benzene rings is 4. The molecular weight excluding hydrogens is 645 g/mol. The summed E-state index contributed by atoms with van der Waals surface area (Å²) in [6.07, 6.45) is 5.90. The molecule has 0 atom stereocenters. The van der Waals surface area contributed by atoms with Crippen LogP contribution in [0, 0.1) is 0 Å². The maximum absolute atomic E-state index is 6.32. The third-order valence-corrected chi connectivity index (χ3v) is 10.1. The molecule has 4 aromatic carbocycles. The Morgan fingerprint density at radius 2 is 0.827 bits per heavy atom. The minimum Gasteiger partial charge on any atom is -0.491 e. The first-order valence-corrected chi connectivity index (χ1v) is 18.1. The van der Waals surface area contributed by atoms with Crippen LogP contribution in [0.3, 0.4) is 0 Å². The quantitative estimate of drug-likeness (QED) is 0.182. The summed E-state index contributed by atoms with van der Waals surface area (Å²) in [7, 11) is 0. The molecule has 0 amide bonds. The van der Waals surface area contributed by atoms with E-state index in [9.17, 15) is 0 Å². The van der Waals surface area contributed by atoms with Crippen LogP contribution in [0.2, 0.25) is 0 Å². The Kier molecular flexibility index (Phi) is 8.91. The van der Waals surface area contributed by atoms with Gasteiger partial charge in [-0.2, -0.15) is 0 Å². The lowest BCUT2D eigenvalue weighted by molar-refractivity contribution is 0.103. The first-order valence-electron chi connectivity index (χ1n) is 18.1. The topological polar surface area (TPSA) is 45.7 Å². The predicted molar refractivity (Wildman–Crippen MR) is 209 cm³/mol. The summed E-state index contributed by atoms with van der Waals surface area (Å²) in [6, 6.07) is 46.8. The Hall–Kier alpha value is -5.82.